The summed E-state index contributed by atoms with van der Waals surface area (Å²) in [5.74, 6) is 0.428. The number of fused-ring (bicyclic) bond motifs is 1. The van der Waals surface area contributed by atoms with Gasteiger partial charge in [0, 0.05) is 18.5 Å². The van der Waals surface area contributed by atoms with Crippen LogP contribution in [-0.2, 0) is 22.6 Å². The molecule has 1 saturated heterocycles. The van der Waals surface area contributed by atoms with Crippen molar-refractivity contribution >= 4 is 17.4 Å². The number of aliphatic hydroxyl groups is 1. The Hall–Kier alpha value is -4.84. The summed E-state index contributed by atoms with van der Waals surface area (Å²) in [6.07, 6.45) is 0.752. The molecule has 2 aliphatic heterocycles. The van der Waals surface area contributed by atoms with E-state index >= 15 is 0 Å². The number of hydrogen-bond acceptors (Lipinski definition) is 5. The van der Waals surface area contributed by atoms with E-state index < -0.39 is 17.7 Å². The summed E-state index contributed by atoms with van der Waals surface area (Å²) in [6.45, 7) is 2.20. The van der Waals surface area contributed by atoms with Crippen LogP contribution in [0.25, 0.3) is 5.76 Å². The van der Waals surface area contributed by atoms with Gasteiger partial charge in [0.1, 0.15) is 29.1 Å². The first-order valence-corrected chi connectivity index (χ1v) is 12.9. The van der Waals surface area contributed by atoms with Crippen LogP contribution in [0.15, 0.2) is 109 Å². The van der Waals surface area contributed by atoms with E-state index in [4.69, 9.17) is 9.47 Å². The van der Waals surface area contributed by atoms with Gasteiger partial charge in [0.25, 0.3) is 11.7 Å². The zero-order chi connectivity index (χ0) is 26.9. The van der Waals surface area contributed by atoms with Crippen molar-refractivity contribution in [1.82, 2.24) is 4.90 Å². The lowest BCUT2D eigenvalue weighted by molar-refractivity contribution is -0.140. The summed E-state index contributed by atoms with van der Waals surface area (Å²) in [7, 11) is 0. The Balaban J connectivity index is 1.45. The number of benzene rings is 4. The number of likely N-dealkylation sites (tertiary alicyclic amines) is 1. The van der Waals surface area contributed by atoms with Gasteiger partial charge in [-0.2, -0.15) is 0 Å². The van der Waals surface area contributed by atoms with Gasteiger partial charge in [-0.1, -0.05) is 60.7 Å². The molecule has 0 spiro atoms. The molecule has 2 heterocycles. The Labute approximate surface area is 226 Å². The molecule has 1 fully saturated rings. The average molecular weight is 518 g/mol. The van der Waals surface area contributed by atoms with E-state index in [2.05, 4.69) is 0 Å². The zero-order valence-electron chi connectivity index (χ0n) is 21.4. The largest absolute Gasteiger partial charge is 0.507 e. The first-order valence-electron chi connectivity index (χ1n) is 12.9. The van der Waals surface area contributed by atoms with Crippen LogP contribution in [-0.4, -0.2) is 27.8 Å². The van der Waals surface area contributed by atoms with E-state index in [0.29, 0.717) is 29.0 Å². The van der Waals surface area contributed by atoms with Gasteiger partial charge in [0.05, 0.1) is 11.6 Å². The molecule has 2 aliphatic rings. The van der Waals surface area contributed by atoms with Crippen molar-refractivity contribution in [2.45, 2.75) is 32.0 Å². The van der Waals surface area contributed by atoms with Crippen LogP contribution in [0.1, 0.15) is 35.2 Å². The quantitative estimate of drug-likeness (QED) is 0.181. The van der Waals surface area contributed by atoms with Crippen LogP contribution in [0.5, 0.6) is 17.2 Å². The second-order valence-corrected chi connectivity index (χ2v) is 9.86. The van der Waals surface area contributed by atoms with Crippen molar-refractivity contribution in [1.29, 1.82) is 0 Å². The van der Waals surface area contributed by atoms with Crippen molar-refractivity contribution in [3.05, 3.63) is 131 Å². The lowest BCUT2D eigenvalue weighted by Crippen LogP contribution is -2.29. The fraction of sp³-hybridized carbons (Fsp3) is 0.152. The second-order valence-electron chi connectivity index (χ2n) is 9.86. The Morgan fingerprint density at radius 1 is 0.897 bits per heavy atom. The van der Waals surface area contributed by atoms with E-state index in [1.165, 1.54) is 4.90 Å². The molecule has 4 aromatic rings. The zero-order valence-corrected chi connectivity index (χ0v) is 21.4. The predicted octanol–water partition coefficient (Wildman–Crippen LogP) is 6.42. The van der Waals surface area contributed by atoms with E-state index in [1.807, 2.05) is 97.9 Å². The van der Waals surface area contributed by atoms with E-state index in [-0.39, 0.29) is 24.0 Å². The Bertz CT molecular complexity index is 1580. The van der Waals surface area contributed by atoms with Gasteiger partial charge in [-0.05, 0) is 66.1 Å². The number of rotatable bonds is 6. The summed E-state index contributed by atoms with van der Waals surface area (Å²) in [6, 6.07) is 30.8. The minimum absolute atomic E-state index is 0.0428. The minimum Gasteiger partial charge on any atom is -0.507 e. The van der Waals surface area contributed by atoms with Gasteiger partial charge in [0.15, 0.2) is 0 Å². The molecule has 1 amide bonds. The predicted molar refractivity (Wildman–Crippen MR) is 147 cm³/mol. The molecule has 194 valence electrons. The number of aliphatic hydroxyl groups excluding tert-OH is 1. The standard InChI is InChI=1S/C33H27NO5/c1-21-17-25-18-24(15-16-28(25)38-21)31(35)29-30(34(33(37)32(29)36)20-22-9-4-2-5-10-22)23-11-8-14-27(19-23)39-26-12-6-3-7-13-26/h2-16,18-19,21,30,35H,17,20H2,1H3/t21-,30-/m0/s1. The van der Waals surface area contributed by atoms with Crippen molar-refractivity contribution in [3.8, 4) is 17.2 Å². The second kappa shape index (κ2) is 10.1. The van der Waals surface area contributed by atoms with Crippen LogP contribution in [0.2, 0.25) is 0 Å². The van der Waals surface area contributed by atoms with Gasteiger partial charge in [-0.25, -0.2) is 0 Å². The third-order valence-corrected chi connectivity index (χ3v) is 7.06. The molecule has 6 nitrogen and oxygen atoms in total. The normalized spacial score (nSPS) is 19.6. The van der Waals surface area contributed by atoms with Crippen molar-refractivity contribution < 1.29 is 24.2 Å². The first kappa shape index (κ1) is 24.5. The lowest BCUT2D eigenvalue weighted by atomic mass is 9.94. The first-order chi connectivity index (χ1) is 19.0. The number of Topliss-reactive ketones (excluding diaryl/α,β-unsaturated/α-hetero) is 1. The molecule has 0 aliphatic carbocycles. The average Bonchev–Trinajstić information content (AvgIpc) is 3.45. The Kier molecular flexibility index (Phi) is 6.37. The molecule has 1 N–H and O–H groups in total. The number of carbonyl (C=O) groups is 2. The van der Waals surface area contributed by atoms with Crippen LogP contribution in [0, 0.1) is 0 Å². The maximum Gasteiger partial charge on any atom is 0.295 e. The Morgan fingerprint density at radius 2 is 1.62 bits per heavy atom. The van der Waals surface area contributed by atoms with Crippen LogP contribution in [0.3, 0.4) is 0 Å². The fourth-order valence-corrected chi connectivity index (χ4v) is 5.27. The Morgan fingerprint density at radius 3 is 2.38 bits per heavy atom. The van der Waals surface area contributed by atoms with Crippen LogP contribution < -0.4 is 9.47 Å². The van der Waals surface area contributed by atoms with Gasteiger partial charge in [-0.15, -0.1) is 0 Å². The number of hydrogen-bond donors (Lipinski definition) is 1. The van der Waals surface area contributed by atoms with E-state index in [1.54, 1.807) is 12.1 Å². The number of ketones is 1. The van der Waals surface area contributed by atoms with E-state index in [9.17, 15) is 14.7 Å². The van der Waals surface area contributed by atoms with Crippen molar-refractivity contribution in [2.24, 2.45) is 0 Å². The monoisotopic (exact) mass is 517 g/mol. The van der Waals surface area contributed by atoms with E-state index in [0.717, 1.165) is 16.9 Å². The summed E-state index contributed by atoms with van der Waals surface area (Å²) in [4.78, 5) is 28.4. The molecule has 0 radical (unpaired) electrons. The number of para-hydroxylation sites is 1. The van der Waals surface area contributed by atoms with Crippen molar-refractivity contribution in [2.75, 3.05) is 0 Å². The van der Waals surface area contributed by atoms with Crippen LogP contribution >= 0.6 is 0 Å². The highest BCUT2D eigenvalue weighted by molar-refractivity contribution is 6.46. The molecule has 0 saturated carbocycles. The summed E-state index contributed by atoms with van der Waals surface area (Å²) in [5, 5.41) is 11.5. The maximum absolute atomic E-state index is 13.5. The number of carbonyl (C=O) groups excluding carboxylic acids is 2. The molecule has 6 rings (SSSR count). The number of ether oxygens (including phenoxy) is 2. The molecule has 4 aromatic carbocycles. The maximum atomic E-state index is 13.5. The third-order valence-electron chi connectivity index (χ3n) is 7.06. The number of nitrogens with zero attached hydrogens (tertiary/aromatic N) is 1. The van der Waals surface area contributed by atoms with Gasteiger partial charge < -0.3 is 19.5 Å². The summed E-state index contributed by atoms with van der Waals surface area (Å²) < 4.78 is 11.8. The molecule has 39 heavy (non-hydrogen) atoms. The number of amides is 1. The molecule has 0 bridgehead atoms. The van der Waals surface area contributed by atoms with Crippen LogP contribution in [0.4, 0.5) is 0 Å². The molecular weight excluding hydrogens is 490 g/mol. The highest BCUT2D eigenvalue weighted by Gasteiger charge is 2.46. The topological polar surface area (TPSA) is 76.1 Å². The summed E-state index contributed by atoms with van der Waals surface area (Å²) in [5.41, 5.74) is 3.04. The molecule has 6 heteroatoms. The van der Waals surface area contributed by atoms with Gasteiger partial charge >= 0.3 is 0 Å². The van der Waals surface area contributed by atoms with Gasteiger partial charge in [0.2, 0.25) is 0 Å². The molecule has 2 atom stereocenters. The summed E-state index contributed by atoms with van der Waals surface area (Å²) >= 11 is 0. The lowest BCUT2D eigenvalue weighted by Gasteiger charge is -2.26. The molecule has 0 unspecified atom stereocenters. The fourth-order valence-electron chi connectivity index (χ4n) is 5.27. The SMILES string of the molecule is C[C@H]1Cc2cc(C(O)=C3C(=O)C(=O)N(Cc4ccccc4)[C@H]3c3cccc(Oc4ccccc4)c3)ccc2O1. The molecule has 0 aromatic heterocycles. The minimum atomic E-state index is -0.798. The van der Waals surface area contributed by atoms with Crippen molar-refractivity contribution in [3.63, 3.8) is 0 Å². The highest BCUT2D eigenvalue weighted by atomic mass is 16.5. The van der Waals surface area contributed by atoms with Gasteiger partial charge in [-0.3, -0.25) is 9.59 Å². The highest BCUT2D eigenvalue weighted by Crippen LogP contribution is 2.42. The third kappa shape index (κ3) is 4.77. The molecular formula is C33H27NO5. The smallest absolute Gasteiger partial charge is 0.295 e.